The van der Waals surface area contributed by atoms with Crippen LogP contribution in [0.1, 0.15) is 30.3 Å². The van der Waals surface area contributed by atoms with E-state index in [2.05, 4.69) is 10.3 Å². The lowest BCUT2D eigenvalue weighted by Crippen LogP contribution is -2.35. The lowest BCUT2D eigenvalue weighted by Gasteiger charge is -2.13. The van der Waals surface area contributed by atoms with Crippen molar-refractivity contribution in [1.29, 1.82) is 0 Å². The average Bonchev–Trinajstić information content (AvgIpc) is 3.09. The fourth-order valence-corrected chi connectivity index (χ4v) is 3.59. The van der Waals surface area contributed by atoms with Crippen molar-refractivity contribution < 1.29 is 18.3 Å². The van der Waals surface area contributed by atoms with Gasteiger partial charge in [0.15, 0.2) is 0 Å². The molecule has 0 spiro atoms. The van der Waals surface area contributed by atoms with Gasteiger partial charge in [0.2, 0.25) is 10.0 Å². The zero-order chi connectivity index (χ0) is 14.8. The van der Waals surface area contributed by atoms with E-state index >= 15 is 0 Å². The van der Waals surface area contributed by atoms with Crippen LogP contribution in [0, 0.1) is 0 Å². The first-order chi connectivity index (χ1) is 9.45. The zero-order valence-electron chi connectivity index (χ0n) is 11.3. The summed E-state index contributed by atoms with van der Waals surface area (Å²) in [6, 6.07) is 0.942. The minimum atomic E-state index is -3.51. The number of carbonyl (C=O) groups excluding carboxylic acids is 1. The van der Waals surface area contributed by atoms with Crippen LogP contribution in [0.25, 0.3) is 0 Å². The van der Waals surface area contributed by atoms with E-state index in [9.17, 15) is 13.2 Å². The average molecular weight is 301 g/mol. The third-order valence-corrected chi connectivity index (χ3v) is 5.13. The molecule has 1 unspecified atom stereocenters. The maximum atomic E-state index is 12.3. The third kappa shape index (κ3) is 3.02. The van der Waals surface area contributed by atoms with Gasteiger partial charge in [-0.05, 0) is 25.8 Å². The van der Waals surface area contributed by atoms with Crippen LogP contribution in [0.3, 0.4) is 0 Å². The second-order valence-electron chi connectivity index (χ2n) is 4.92. The number of hydrogen-bond acceptors (Lipinski definition) is 4. The van der Waals surface area contributed by atoms with Gasteiger partial charge in [0.05, 0.1) is 6.61 Å². The first kappa shape index (κ1) is 15.0. The van der Waals surface area contributed by atoms with E-state index < -0.39 is 15.9 Å². The molecule has 8 heteroatoms. The monoisotopic (exact) mass is 301 g/mol. The van der Waals surface area contributed by atoms with Crippen LogP contribution in [0.15, 0.2) is 17.2 Å². The molecule has 1 aromatic heterocycles. The number of hydrogen-bond donors (Lipinski definition) is 3. The molecule has 2 rings (SSSR count). The predicted octanol–water partition coefficient (Wildman–Crippen LogP) is -0.0902. The van der Waals surface area contributed by atoms with Gasteiger partial charge in [-0.3, -0.25) is 4.79 Å². The van der Waals surface area contributed by atoms with Crippen LogP contribution in [-0.2, 0) is 10.0 Å². The summed E-state index contributed by atoms with van der Waals surface area (Å²) in [7, 11) is -3.51. The number of aromatic nitrogens is 1. The maximum absolute atomic E-state index is 12.3. The van der Waals surface area contributed by atoms with E-state index in [0.717, 1.165) is 12.8 Å². The van der Waals surface area contributed by atoms with Gasteiger partial charge in [-0.15, -0.1) is 0 Å². The Bertz CT molecular complexity index is 575. The van der Waals surface area contributed by atoms with Crippen molar-refractivity contribution in [2.24, 2.45) is 0 Å². The van der Waals surface area contributed by atoms with Crippen molar-refractivity contribution >= 4 is 15.9 Å². The first-order valence-electron chi connectivity index (χ1n) is 6.55. The summed E-state index contributed by atoms with van der Waals surface area (Å²) in [6.07, 6.45) is 3.06. The quantitative estimate of drug-likeness (QED) is 0.707. The smallest absolute Gasteiger partial charge is 0.268 e. The summed E-state index contributed by atoms with van der Waals surface area (Å²) in [5.74, 6) is -0.436. The molecule has 1 amide bonds. The van der Waals surface area contributed by atoms with Gasteiger partial charge in [-0.1, -0.05) is 0 Å². The highest BCUT2D eigenvalue weighted by atomic mass is 32.2. The van der Waals surface area contributed by atoms with Gasteiger partial charge in [0.25, 0.3) is 5.91 Å². The van der Waals surface area contributed by atoms with Gasteiger partial charge < -0.3 is 15.4 Å². The molecule has 2 heterocycles. The molecular weight excluding hydrogens is 282 g/mol. The number of rotatable bonds is 5. The molecule has 0 bridgehead atoms. The number of aliphatic hydroxyl groups excluding tert-OH is 1. The summed E-state index contributed by atoms with van der Waals surface area (Å²) in [6.45, 7) is 2.53. The number of amides is 1. The number of aromatic amines is 1. The van der Waals surface area contributed by atoms with Crippen molar-refractivity contribution in [1.82, 2.24) is 14.6 Å². The van der Waals surface area contributed by atoms with Crippen LogP contribution in [0.4, 0.5) is 0 Å². The molecule has 1 fully saturated rings. The Hall–Kier alpha value is -1.38. The molecule has 0 radical (unpaired) electrons. The van der Waals surface area contributed by atoms with Crippen molar-refractivity contribution in [2.45, 2.75) is 30.7 Å². The van der Waals surface area contributed by atoms with Crippen molar-refractivity contribution in [3.8, 4) is 0 Å². The highest BCUT2D eigenvalue weighted by molar-refractivity contribution is 7.89. The topological polar surface area (TPSA) is 102 Å². The minimum Gasteiger partial charge on any atom is -0.394 e. The zero-order valence-corrected chi connectivity index (χ0v) is 12.1. The van der Waals surface area contributed by atoms with Crippen molar-refractivity contribution in [3.05, 3.63) is 18.0 Å². The normalized spacial score (nSPS) is 18.1. The molecule has 112 valence electrons. The number of H-pyrrole nitrogens is 1. The molecule has 3 N–H and O–H groups in total. The minimum absolute atomic E-state index is 0.0983. The molecule has 1 atom stereocenters. The van der Waals surface area contributed by atoms with E-state index in [4.69, 9.17) is 5.11 Å². The molecule has 1 aromatic rings. The Morgan fingerprint density at radius 2 is 2.15 bits per heavy atom. The first-order valence-corrected chi connectivity index (χ1v) is 7.99. The summed E-state index contributed by atoms with van der Waals surface area (Å²) in [4.78, 5) is 14.6. The van der Waals surface area contributed by atoms with E-state index in [0.29, 0.717) is 13.1 Å². The van der Waals surface area contributed by atoms with Crippen molar-refractivity contribution in [2.75, 3.05) is 19.7 Å². The third-order valence-electron chi connectivity index (χ3n) is 3.26. The molecule has 0 saturated carbocycles. The molecular formula is C12H19N3O4S. The summed E-state index contributed by atoms with van der Waals surface area (Å²) >= 11 is 0. The molecule has 1 aliphatic rings. The molecule has 7 nitrogen and oxygen atoms in total. The standard InChI is InChI=1S/C12H19N3O4S/c1-9(8-16)14-12(17)11-6-10(7-13-11)20(18,19)15-4-2-3-5-15/h6-7,9,13,16H,2-5,8H2,1H3,(H,14,17). The van der Waals surface area contributed by atoms with Crippen LogP contribution >= 0.6 is 0 Å². The number of nitrogens with zero attached hydrogens (tertiary/aromatic N) is 1. The molecule has 20 heavy (non-hydrogen) atoms. The number of nitrogens with one attached hydrogen (secondary N) is 2. The Kier molecular flexibility index (Phi) is 4.46. The van der Waals surface area contributed by atoms with Gasteiger partial charge in [-0.25, -0.2) is 8.42 Å². The van der Waals surface area contributed by atoms with E-state index in [-0.39, 0.29) is 23.2 Å². The van der Waals surface area contributed by atoms with Crippen LogP contribution < -0.4 is 5.32 Å². The van der Waals surface area contributed by atoms with Crippen molar-refractivity contribution in [3.63, 3.8) is 0 Å². The fourth-order valence-electron chi connectivity index (χ4n) is 2.08. The lowest BCUT2D eigenvalue weighted by atomic mass is 10.3. The molecule has 0 aliphatic carbocycles. The summed E-state index contributed by atoms with van der Waals surface area (Å²) in [5.41, 5.74) is 0.170. The van der Waals surface area contributed by atoms with Gasteiger partial charge in [-0.2, -0.15) is 4.31 Å². The lowest BCUT2D eigenvalue weighted by molar-refractivity contribution is 0.0918. The van der Waals surface area contributed by atoms with Crippen LogP contribution in [0.5, 0.6) is 0 Å². The Balaban J connectivity index is 2.14. The number of aliphatic hydroxyl groups is 1. The Morgan fingerprint density at radius 1 is 1.50 bits per heavy atom. The molecule has 0 aromatic carbocycles. The Labute approximate surface area is 118 Å². The molecule has 1 saturated heterocycles. The highest BCUT2D eigenvalue weighted by Crippen LogP contribution is 2.21. The predicted molar refractivity (Wildman–Crippen MR) is 72.8 cm³/mol. The maximum Gasteiger partial charge on any atom is 0.268 e. The largest absolute Gasteiger partial charge is 0.394 e. The van der Waals surface area contributed by atoms with Crippen LogP contribution in [0.2, 0.25) is 0 Å². The van der Waals surface area contributed by atoms with Gasteiger partial charge in [0, 0.05) is 25.3 Å². The van der Waals surface area contributed by atoms with Gasteiger partial charge in [0.1, 0.15) is 10.6 Å². The summed E-state index contributed by atoms with van der Waals surface area (Å²) in [5, 5.41) is 11.4. The van der Waals surface area contributed by atoms with Gasteiger partial charge >= 0.3 is 0 Å². The second kappa shape index (κ2) is 5.94. The number of carbonyl (C=O) groups is 1. The Morgan fingerprint density at radius 3 is 2.75 bits per heavy atom. The van der Waals surface area contributed by atoms with E-state index in [1.807, 2.05) is 0 Å². The SMILES string of the molecule is CC(CO)NC(=O)c1cc(S(=O)(=O)N2CCCC2)c[nH]1. The van der Waals surface area contributed by atoms with Crippen LogP contribution in [-0.4, -0.2) is 54.5 Å². The van der Waals surface area contributed by atoms with E-state index in [1.54, 1.807) is 6.92 Å². The summed E-state index contributed by atoms with van der Waals surface area (Å²) < 4.78 is 26.0. The number of sulfonamides is 1. The molecule has 1 aliphatic heterocycles. The fraction of sp³-hybridized carbons (Fsp3) is 0.583. The highest BCUT2D eigenvalue weighted by Gasteiger charge is 2.28. The van der Waals surface area contributed by atoms with E-state index in [1.165, 1.54) is 16.6 Å². The second-order valence-corrected chi connectivity index (χ2v) is 6.86.